The Morgan fingerprint density at radius 3 is 2.46 bits per heavy atom. The minimum Gasteiger partial charge on any atom is -0.355 e. The SMILES string of the molecule is CN(C(=O)C1C(=O)NCC1c1ccc(F)cc1)c1ccccc1F. The predicted molar refractivity (Wildman–Crippen MR) is 85.5 cm³/mol. The fourth-order valence-electron chi connectivity index (χ4n) is 2.98. The van der Waals surface area contributed by atoms with Crippen molar-refractivity contribution in [1.29, 1.82) is 0 Å². The summed E-state index contributed by atoms with van der Waals surface area (Å²) in [5, 5.41) is 2.66. The molecular weight excluding hydrogens is 314 g/mol. The molecule has 0 spiro atoms. The fraction of sp³-hybridized carbons (Fsp3) is 0.222. The van der Waals surface area contributed by atoms with Gasteiger partial charge < -0.3 is 10.2 Å². The monoisotopic (exact) mass is 330 g/mol. The maximum Gasteiger partial charge on any atom is 0.240 e. The third-order valence-electron chi connectivity index (χ3n) is 4.29. The first-order valence-corrected chi connectivity index (χ1v) is 7.54. The van der Waals surface area contributed by atoms with Gasteiger partial charge in [0.1, 0.15) is 17.6 Å². The number of benzene rings is 2. The highest BCUT2D eigenvalue weighted by molar-refractivity contribution is 6.09. The van der Waals surface area contributed by atoms with Crippen molar-refractivity contribution in [2.24, 2.45) is 5.92 Å². The average molecular weight is 330 g/mol. The van der Waals surface area contributed by atoms with Gasteiger partial charge in [-0.1, -0.05) is 24.3 Å². The maximum atomic E-state index is 13.9. The minimum absolute atomic E-state index is 0.111. The van der Waals surface area contributed by atoms with Crippen LogP contribution in [0.25, 0.3) is 0 Å². The molecule has 1 fully saturated rings. The molecule has 1 saturated heterocycles. The number of carbonyl (C=O) groups is 2. The lowest BCUT2D eigenvalue weighted by molar-refractivity contribution is -0.131. The summed E-state index contributed by atoms with van der Waals surface area (Å²) in [5.74, 6) is -3.21. The van der Waals surface area contributed by atoms with Gasteiger partial charge in [-0.3, -0.25) is 9.59 Å². The number of rotatable bonds is 3. The molecule has 2 amide bonds. The first kappa shape index (κ1) is 16.1. The highest BCUT2D eigenvalue weighted by Gasteiger charge is 2.42. The Balaban J connectivity index is 1.90. The van der Waals surface area contributed by atoms with Gasteiger partial charge in [0, 0.05) is 19.5 Å². The van der Waals surface area contributed by atoms with E-state index in [1.807, 2.05) is 0 Å². The van der Waals surface area contributed by atoms with Gasteiger partial charge in [-0.25, -0.2) is 8.78 Å². The Bertz CT molecular complexity index is 777. The lowest BCUT2D eigenvalue weighted by atomic mass is 9.87. The first-order chi connectivity index (χ1) is 11.5. The van der Waals surface area contributed by atoms with Crippen molar-refractivity contribution in [2.75, 3.05) is 18.5 Å². The van der Waals surface area contributed by atoms with Crippen molar-refractivity contribution in [1.82, 2.24) is 5.32 Å². The summed E-state index contributed by atoms with van der Waals surface area (Å²) in [5.41, 5.74) is 0.801. The second kappa shape index (κ2) is 6.39. The van der Waals surface area contributed by atoms with E-state index >= 15 is 0 Å². The molecule has 124 valence electrons. The van der Waals surface area contributed by atoms with Crippen LogP contribution in [0.4, 0.5) is 14.5 Å². The molecule has 2 aromatic carbocycles. The third kappa shape index (κ3) is 2.87. The molecule has 24 heavy (non-hydrogen) atoms. The van der Waals surface area contributed by atoms with Gasteiger partial charge in [0.15, 0.2) is 0 Å². The second-order valence-corrected chi connectivity index (χ2v) is 5.73. The number of hydrogen-bond donors (Lipinski definition) is 1. The lowest BCUT2D eigenvalue weighted by Gasteiger charge is -2.24. The average Bonchev–Trinajstić information content (AvgIpc) is 2.96. The van der Waals surface area contributed by atoms with Crippen LogP contribution in [0.5, 0.6) is 0 Å². The van der Waals surface area contributed by atoms with Gasteiger partial charge in [0.2, 0.25) is 11.8 Å². The molecule has 2 atom stereocenters. The Kier molecular flexibility index (Phi) is 4.29. The van der Waals surface area contributed by atoms with E-state index in [0.29, 0.717) is 5.56 Å². The summed E-state index contributed by atoms with van der Waals surface area (Å²) in [6.45, 7) is 0.284. The van der Waals surface area contributed by atoms with Gasteiger partial charge in [0.25, 0.3) is 0 Å². The van der Waals surface area contributed by atoms with Gasteiger partial charge in [-0.15, -0.1) is 0 Å². The third-order valence-corrected chi connectivity index (χ3v) is 4.29. The first-order valence-electron chi connectivity index (χ1n) is 7.54. The van der Waals surface area contributed by atoms with E-state index in [2.05, 4.69) is 5.32 Å². The lowest BCUT2D eigenvalue weighted by Crippen LogP contribution is -2.39. The Hall–Kier alpha value is -2.76. The van der Waals surface area contributed by atoms with Crippen molar-refractivity contribution in [3.05, 3.63) is 65.7 Å². The number of carbonyl (C=O) groups excluding carboxylic acids is 2. The van der Waals surface area contributed by atoms with E-state index in [1.54, 1.807) is 18.2 Å². The van der Waals surface area contributed by atoms with E-state index in [4.69, 9.17) is 0 Å². The number of halogens is 2. The molecule has 3 rings (SSSR count). The van der Waals surface area contributed by atoms with Crippen LogP contribution < -0.4 is 10.2 Å². The molecule has 2 aromatic rings. The van der Waals surface area contributed by atoms with E-state index < -0.39 is 29.5 Å². The molecule has 1 aliphatic heterocycles. The second-order valence-electron chi connectivity index (χ2n) is 5.73. The highest BCUT2D eigenvalue weighted by Crippen LogP contribution is 2.32. The number of hydrogen-bond acceptors (Lipinski definition) is 2. The van der Waals surface area contributed by atoms with Crippen LogP contribution in [-0.4, -0.2) is 25.4 Å². The molecule has 0 bridgehead atoms. The van der Waals surface area contributed by atoms with Crippen molar-refractivity contribution in [2.45, 2.75) is 5.92 Å². The number of nitrogens with one attached hydrogen (secondary N) is 1. The van der Waals surface area contributed by atoms with Gasteiger partial charge in [-0.05, 0) is 29.8 Å². The van der Waals surface area contributed by atoms with E-state index in [1.165, 1.54) is 37.4 Å². The van der Waals surface area contributed by atoms with Crippen molar-refractivity contribution in [3.63, 3.8) is 0 Å². The van der Waals surface area contributed by atoms with Crippen LogP contribution in [0.1, 0.15) is 11.5 Å². The zero-order chi connectivity index (χ0) is 17.3. The van der Waals surface area contributed by atoms with Gasteiger partial charge >= 0.3 is 0 Å². The standard InChI is InChI=1S/C18H16F2N2O2/c1-22(15-5-3-2-4-14(15)20)18(24)16-13(10-21-17(16)23)11-6-8-12(19)9-7-11/h2-9,13,16H,10H2,1H3,(H,21,23). The van der Waals surface area contributed by atoms with Crippen LogP contribution in [0.2, 0.25) is 0 Å². The summed E-state index contributed by atoms with van der Waals surface area (Å²) in [6.07, 6.45) is 0. The summed E-state index contributed by atoms with van der Waals surface area (Å²) in [6, 6.07) is 11.6. The zero-order valence-corrected chi connectivity index (χ0v) is 13.0. The maximum absolute atomic E-state index is 13.9. The Labute approximate surface area is 138 Å². The zero-order valence-electron chi connectivity index (χ0n) is 13.0. The van der Waals surface area contributed by atoms with E-state index in [-0.39, 0.29) is 18.0 Å². The number of nitrogens with zero attached hydrogens (tertiary/aromatic N) is 1. The van der Waals surface area contributed by atoms with Crippen molar-refractivity contribution in [3.8, 4) is 0 Å². The summed E-state index contributed by atoms with van der Waals surface area (Å²) in [4.78, 5) is 26.1. The van der Waals surface area contributed by atoms with E-state index in [9.17, 15) is 18.4 Å². The molecule has 0 aromatic heterocycles. The number of para-hydroxylation sites is 1. The topological polar surface area (TPSA) is 49.4 Å². The molecule has 1 N–H and O–H groups in total. The summed E-state index contributed by atoms with van der Waals surface area (Å²) >= 11 is 0. The van der Waals surface area contributed by atoms with Crippen molar-refractivity contribution >= 4 is 17.5 Å². The molecule has 2 unspecified atom stereocenters. The highest BCUT2D eigenvalue weighted by atomic mass is 19.1. The molecule has 1 heterocycles. The molecule has 0 saturated carbocycles. The van der Waals surface area contributed by atoms with Crippen LogP contribution >= 0.6 is 0 Å². The van der Waals surface area contributed by atoms with Gasteiger partial charge in [-0.2, -0.15) is 0 Å². The summed E-state index contributed by atoms with van der Waals surface area (Å²) in [7, 11) is 1.44. The normalized spacial score (nSPS) is 19.9. The quantitative estimate of drug-likeness (QED) is 0.879. The fourth-order valence-corrected chi connectivity index (χ4v) is 2.98. The summed E-state index contributed by atoms with van der Waals surface area (Å²) < 4.78 is 27.0. The Morgan fingerprint density at radius 2 is 1.79 bits per heavy atom. The molecule has 1 aliphatic rings. The van der Waals surface area contributed by atoms with Crippen LogP contribution in [0.3, 0.4) is 0 Å². The predicted octanol–water partition coefficient (Wildman–Crippen LogP) is 2.46. The van der Waals surface area contributed by atoms with Crippen molar-refractivity contribution < 1.29 is 18.4 Å². The molecular formula is C18H16F2N2O2. The molecule has 0 aliphatic carbocycles. The minimum atomic E-state index is -0.972. The molecule has 6 heteroatoms. The largest absolute Gasteiger partial charge is 0.355 e. The van der Waals surface area contributed by atoms with Crippen LogP contribution in [-0.2, 0) is 9.59 Å². The smallest absolute Gasteiger partial charge is 0.240 e. The number of anilines is 1. The Morgan fingerprint density at radius 1 is 1.12 bits per heavy atom. The van der Waals surface area contributed by atoms with Crippen LogP contribution in [0, 0.1) is 17.6 Å². The molecule has 4 nitrogen and oxygen atoms in total. The van der Waals surface area contributed by atoms with Gasteiger partial charge in [0.05, 0.1) is 5.69 Å². The molecule has 0 radical (unpaired) electrons. The van der Waals surface area contributed by atoms with E-state index in [0.717, 1.165) is 4.90 Å². The number of amides is 2. The van der Waals surface area contributed by atoms with Crippen LogP contribution in [0.15, 0.2) is 48.5 Å².